The number of rotatable bonds is 5. The summed E-state index contributed by atoms with van der Waals surface area (Å²) in [6, 6.07) is 0.866. The minimum atomic E-state index is 0.455. The van der Waals surface area contributed by atoms with Crippen molar-refractivity contribution in [3.05, 3.63) is 0 Å². The van der Waals surface area contributed by atoms with Gasteiger partial charge in [-0.3, -0.25) is 0 Å². The van der Waals surface area contributed by atoms with Gasteiger partial charge in [-0.1, -0.05) is 39.0 Å². The van der Waals surface area contributed by atoms with Crippen molar-refractivity contribution < 1.29 is 0 Å². The lowest BCUT2D eigenvalue weighted by atomic mass is 9.73. The van der Waals surface area contributed by atoms with Gasteiger partial charge in [-0.25, -0.2) is 0 Å². The molecule has 0 saturated heterocycles. The summed E-state index contributed by atoms with van der Waals surface area (Å²) in [6.45, 7) is 5.71. The van der Waals surface area contributed by atoms with Gasteiger partial charge in [0.1, 0.15) is 0 Å². The Morgan fingerprint density at radius 2 is 1.71 bits per heavy atom. The summed E-state index contributed by atoms with van der Waals surface area (Å²) in [7, 11) is 0. The maximum atomic E-state index is 6.11. The topological polar surface area (TPSA) is 29.3 Å². The molecule has 0 unspecified atom stereocenters. The first kappa shape index (κ1) is 13.4. The van der Waals surface area contributed by atoms with Crippen LogP contribution in [0.25, 0.3) is 0 Å². The second-order valence-electron chi connectivity index (χ2n) is 6.27. The van der Waals surface area contributed by atoms with Crippen LogP contribution in [-0.4, -0.2) is 30.6 Å². The van der Waals surface area contributed by atoms with Crippen LogP contribution >= 0.6 is 0 Å². The van der Waals surface area contributed by atoms with Crippen molar-refractivity contribution in [1.82, 2.24) is 4.90 Å². The number of nitrogens with two attached hydrogens (primary N) is 1. The fourth-order valence-corrected chi connectivity index (χ4v) is 3.93. The van der Waals surface area contributed by atoms with Crippen molar-refractivity contribution in [2.24, 2.45) is 11.1 Å². The van der Waals surface area contributed by atoms with Crippen molar-refractivity contribution >= 4 is 0 Å². The first-order chi connectivity index (χ1) is 8.29. The molecule has 2 saturated carbocycles. The first-order valence-corrected chi connectivity index (χ1v) is 7.74. The standard InChI is InChI=1S/C15H30N2/c1-2-17(14-8-4-5-9-14)13-15(12-16)10-6-3-7-11-15/h14H,2-13,16H2,1H3. The maximum absolute atomic E-state index is 6.11. The van der Waals surface area contributed by atoms with Crippen LogP contribution < -0.4 is 5.73 Å². The molecule has 0 aromatic carbocycles. The van der Waals surface area contributed by atoms with Gasteiger partial charge >= 0.3 is 0 Å². The van der Waals surface area contributed by atoms with E-state index in [0.29, 0.717) is 5.41 Å². The summed E-state index contributed by atoms with van der Waals surface area (Å²) in [5, 5.41) is 0. The Kier molecular flexibility index (Phi) is 4.87. The van der Waals surface area contributed by atoms with Gasteiger partial charge in [-0.2, -0.15) is 0 Å². The zero-order chi connectivity index (χ0) is 12.1. The van der Waals surface area contributed by atoms with E-state index in [1.54, 1.807) is 0 Å². The molecular formula is C15H30N2. The van der Waals surface area contributed by atoms with E-state index >= 15 is 0 Å². The lowest BCUT2D eigenvalue weighted by molar-refractivity contribution is 0.0864. The van der Waals surface area contributed by atoms with Crippen LogP contribution in [0.1, 0.15) is 64.7 Å². The maximum Gasteiger partial charge on any atom is 0.00953 e. The molecule has 0 heterocycles. The summed E-state index contributed by atoms with van der Waals surface area (Å²) in [5.74, 6) is 0. The third-order valence-electron chi connectivity index (χ3n) is 5.13. The molecular weight excluding hydrogens is 208 g/mol. The second kappa shape index (κ2) is 6.19. The van der Waals surface area contributed by atoms with E-state index in [1.807, 2.05) is 0 Å². The third-order valence-corrected chi connectivity index (χ3v) is 5.13. The Morgan fingerprint density at radius 3 is 2.24 bits per heavy atom. The van der Waals surface area contributed by atoms with Crippen molar-refractivity contribution in [2.45, 2.75) is 70.8 Å². The largest absolute Gasteiger partial charge is 0.330 e. The van der Waals surface area contributed by atoms with Gasteiger partial charge in [0.25, 0.3) is 0 Å². The lowest BCUT2D eigenvalue weighted by Gasteiger charge is -2.42. The van der Waals surface area contributed by atoms with E-state index in [1.165, 1.54) is 70.9 Å². The molecule has 100 valence electrons. The highest BCUT2D eigenvalue weighted by molar-refractivity contribution is 4.89. The van der Waals surface area contributed by atoms with Crippen LogP contribution in [0, 0.1) is 5.41 Å². The van der Waals surface area contributed by atoms with E-state index in [4.69, 9.17) is 5.73 Å². The molecule has 2 nitrogen and oxygen atoms in total. The summed E-state index contributed by atoms with van der Waals surface area (Å²) in [4.78, 5) is 2.74. The quantitative estimate of drug-likeness (QED) is 0.797. The van der Waals surface area contributed by atoms with E-state index in [0.717, 1.165) is 12.6 Å². The highest BCUT2D eigenvalue weighted by atomic mass is 15.2. The van der Waals surface area contributed by atoms with Crippen LogP contribution in [0.5, 0.6) is 0 Å². The van der Waals surface area contributed by atoms with Crippen molar-refractivity contribution in [3.8, 4) is 0 Å². The molecule has 0 aliphatic heterocycles. The SMILES string of the molecule is CCN(CC1(CN)CCCCC1)C1CCCC1. The van der Waals surface area contributed by atoms with Crippen molar-refractivity contribution in [2.75, 3.05) is 19.6 Å². The minimum absolute atomic E-state index is 0.455. The molecule has 0 spiro atoms. The van der Waals surface area contributed by atoms with Crippen LogP contribution in [0.15, 0.2) is 0 Å². The Bertz CT molecular complexity index is 215. The molecule has 2 fully saturated rings. The zero-order valence-electron chi connectivity index (χ0n) is 11.6. The normalized spacial score (nSPS) is 25.6. The van der Waals surface area contributed by atoms with E-state index < -0.39 is 0 Å². The van der Waals surface area contributed by atoms with Gasteiger partial charge in [-0.15, -0.1) is 0 Å². The van der Waals surface area contributed by atoms with E-state index in [-0.39, 0.29) is 0 Å². The Hall–Kier alpha value is -0.0800. The molecule has 0 atom stereocenters. The number of hydrogen-bond acceptors (Lipinski definition) is 2. The van der Waals surface area contributed by atoms with Gasteiger partial charge in [-0.05, 0) is 44.2 Å². The predicted molar refractivity (Wildman–Crippen MR) is 74.1 cm³/mol. The number of nitrogens with zero attached hydrogens (tertiary/aromatic N) is 1. The van der Waals surface area contributed by atoms with Gasteiger partial charge in [0.2, 0.25) is 0 Å². The molecule has 0 radical (unpaired) electrons. The lowest BCUT2D eigenvalue weighted by Crippen LogP contribution is -2.47. The molecule has 0 bridgehead atoms. The average molecular weight is 238 g/mol. The van der Waals surface area contributed by atoms with Crippen LogP contribution in [0.2, 0.25) is 0 Å². The smallest absolute Gasteiger partial charge is 0.00953 e. The van der Waals surface area contributed by atoms with Gasteiger partial charge in [0.05, 0.1) is 0 Å². The molecule has 17 heavy (non-hydrogen) atoms. The average Bonchev–Trinajstić information content (AvgIpc) is 2.91. The Morgan fingerprint density at radius 1 is 1.06 bits per heavy atom. The van der Waals surface area contributed by atoms with Gasteiger partial charge in [0.15, 0.2) is 0 Å². The third kappa shape index (κ3) is 3.23. The fraction of sp³-hybridized carbons (Fsp3) is 1.00. The predicted octanol–water partition coefficient (Wildman–Crippen LogP) is 3.16. The van der Waals surface area contributed by atoms with Gasteiger partial charge in [0, 0.05) is 12.6 Å². The summed E-state index contributed by atoms with van der Waals surface area (Å²) in [6.07, 6.45) is 12.7. The van der Waals surface area contributed by atoms with E-state index in [2.05, 4.69) is 11.8 Å². The summed E-state index contributed by atoms with van der Waals surface area (Å²) in [5.41, 5.74) is 6.57. The summed E-state index contributed by atoms with van der Waals surface area (Å²) >= 11 is 0. The fourth-order valence-electron chi connectivity index (χ4n) is 3.93. The van der Waals surface area contributed by atoms with Crippen molar-refractivity contribution in [3.63, 3.8) is 0 Å². The van der Waals surface area contributed by atoms with Crippen LogP contribution in [-0.2, 0) is 0 Å². The molecule has 0 aromatic heterocycles. The molecule has 2 rings (SSSR count). The van der Waals surface area contributed by atoms with Crippen LogP contribution in [0.4, 0.5) is 0 Å². The molecule has 2 aliphatic rings. The monoisotopic (exact) mass is 238 g/mol. The molecule has 2 aliphatic carbocycles. The van der Waals surface area contributed by atoms with Crippen molar-refractivity contribution in [1.29, 1.82) is 0 Å². The molecule has 2 N–H and O–H groups in total. The van der Waals surface area contributed by atoms with E-state index in [9.17, 15) is 0 Å². The molecule has 2 heteroatoms. The minimum Gasteiger partial charge on any atom is -0.330 e. The second-order valence-corrected chi connectivity index (χ2v) is 6.27. The zero-order valence-corrected chi connectivity index (χ0v) is 11.6. The highest BCUT2D eigenvalue weighted by Crippen LogP contribution is 2.37. The molecule has 0 amide bonds. The number of hydrogen-bond donors (Lipinski definition) is 1. The first-order valence-electron chi connectivity index (χ1n) is 7.74. The van der Waals surface area contributed by atoms with Gasteiger partial charge < -0.3 is 10.6 Å². The highest BCUT2D eigenvalue weighted by Gasteiger charge is 2.34. The Labute approximate surface area is 107 Å². The summed E-state index contributed by atoms with van der Waals surface area (Å²) < 4.78 is 0. The Balaban J connectivity index is 1.94. The molecule has 0 aromatic rings. The van der Waals surface area contributed by atoms with Crippen LogP contribution in [0.3, 0.4) is 0 Å².